The summed E-state index contributed by atoms with van der Waals surface area (Å²) in [5, 5.41) is 3.36. The number of carbonyl (C=O) groups excluding carboxylic acids is 3. The van der Waals surface area contributed by atoms with Crippen LogP contribution < -0.4 is 5.32 Å². The molecule has 206 valence electrons. The van der Waals surface area contributed by atoms with E-state index in [0.29, 0.717) is 35.6 Å². The first-order chi connectivity index (χ1) is 18.1. The molecule has 1 amide bonds. The van der Waals surface area contributed by atoms with Gasteiger partial charge in [-0.25, -0.2) is 0 Å². The smallest absolute Gasteiger partial charge is 0.257 e. The van der Waals surface area contributed by atoms with E-state index in [2.05, 4.69) is 10.2 Å². The minimum Gasteiger partial charge on any atom is -0.384 e. The second kappa shape index (κ2) is 15.9. The maximum atomic E-state index is 13.2. The molecule has 0 aliphatic carbocycles. The van der Waals surface area contributed by atoms with E-state index in [1.165, 1.54) is 56.4 Å². The van der Waals surface area contributed by atoms with Gasteiger partial charge < -0.3 is 19.7 Å². The lowest BCUT2D eigenvalue weighted by Crippen LogP contribution is -2.38. The third-order valence-electron chi connectivity index (χ3n) is 8.06. The second-order valence-electron chi connectivity index (χ2n) is 10.7. The normalized spacial score (nSPS) is 19.9. The number of nitrogens with zero attached hydrogens (tertiary/aromatic N) is 2. The van der Waals surface area contributed by atoms with Crippen LogP contribution in [0, 0.1) is 0 Å². The molecule has 0 bridgehead atoms. The van der Waals surface area contributed by atoms with Crippen LogP contribution in [-0.2, 0) is 9.53 Å². The molecule has 0 aromatic heterocycles. The summed E-state index contributed by atoms with van der Waals surface area (Å²) in [6.45, 7) is 5.76. The van der Waals surface area contributed by atoms with Crippen molar-refractivity contribution >= 4 is 24.2 Å². The zero-order valence-corrected chi connectivity index (χ0v) is 23.0. The summed E-state index contributed by atoms with van der Waals surface area (Å²) < 4.78 is 5.99. The van der Waals surface area contributed by atoms with Crippen molar-refractivity contribution in [1.82, 2.24) is 9.80 Å². The topological polar surface area (TPSA) is 79.0 Å². The molecule has 37 heavy (non-hydrogen) atoms. The van der Waals surface area contributed by atoms with Crippen LogP contribution in [0.1, 0.15) is 105 Å². The first-order valence-electron chi connectivity index (χ1n) is 14.5. The largest absolute Gasteiger partial charge is 0.384 e. The molecule has 0 spiro atoms. The van der Waals surface area contributed by atoms with Gasteiger partial charge in [0.15, 0.2) is 6.29 Å². The van der Waals surface area contributed by atoms with Crippen LogP contribution in [0.4, 0.5) is 5.69 Å². The van der Waals surface area contributed by atoms with Gasteiger partial charge in [0.2, 0.25) is 0 Å². The summed E-state index contributed by atoms with van der Waals surface area (Å²) >= 11 is 0. The van der Waals surface area contributed by atoms with E-state index < -0.39 is 6.04 Å². The van der Waals surface area contributed by atoms with Crippen LogP contribution in [0.5, 0.6) is 0 Å². The Balaban J connectivity index is 1.31. The van der Waals surface area contributed by atoms with Crippen molar-refractivity contribution < 1.29 is 19.1 Å². The van der Waals surface area contributed by atoms with Crippen molar-refractivity contribution in [3.05, 3.63) is 29.3 Å². The molecule has 7 heteroatoms. The minimum absolute atomic E-state index is 0.300. The molecule has 3 unspecified atom stereocenters. The number of ether oxygens (including phenoxy) is 1. The van der Waals surface area contributed by atoms with Crippen molar-refractivity contribution in [2.75, 3.05) is 38.7 Å². The van der Waals surface area contributed by atoms with Crippen molar-refractivity contribution in [2.24, 2.45) is 0 Å². The number of aldehydes is 2. The Morgan fingerprint density at radius 3 is 2.68 bits per heavy atom. The monoisotopic (exact) mass is 513 g/mol. The molecule has 0 radical (unpaired) electrons. The summed E-state index contributed by atoms with van der Waals surface area (Å²) in [6.07, 6.45) is 15.2. The molecule has 1 aromatic carbocycles. The van der Waals surface area contributed by atoms with Gasteiger partial charge in [-0.15, -0.1) is 0 Å². The Morgan fingerprint density at radius 1 is 1.14 bits per heavy atom. The van der Waals surface area contributed by atoms with E-state index in [0.717, 1.165) is 57.8 Å². The zero-order valence-electron chi connectivity index (χ0n) is 23.0. The Kier molecular flexibility index (Phi) is 12.6. The number of anilines is 1. The fourth-order valence-electron chi connectivity index (χ4n) is 5.89. The molecule has 2 fully saturated rings. The average Bonchev–Trinajstić information content (AvgIpc) is 3.54. The Hall–Kier alpha value is -2.25. The number of amides is 1. The van der Waals surface area contributed by atoms with Gasteiger partial charge in [-0.3, -0.25) is 14.5 Å². The van der Waals surface area contributed by atoms with Gasteiger partial charge in [-0.05, 0) is 57.6 Å². The molecule has 2 heterocycles. The van der Waals surface area contributed by atoms with Crippen molar-refractivity contribution in [2.45, 2.75) is 102 Å². The Bertz CT molecular complexity index is 861. The number of nitrogens with one attached hydrogen (secondary N) is 1. The van der Waals surface area contributed by atoms with Gasteiger partial charge in [0.1, 0.15) is 6.29 Å². The first kappa shape index (κ1) is 29.3. The molecular formula is C30H47N3O4. The van der Waals surface area contributed by atoms with Crippen LogP contribution in [0.15, 0.2) is 18.2 Å². The van der Waals surface area contributed by atoms with Crippen LogP contribution >= 0.6 is 0 Å². The highest BCUT2D eigenvalue weighted by Gasteiger charge is 2.36. The summed E-state index contributed by atoms with van der Waals surface area (Å²) in [7, 11) is 1.63. The van der Waals surface area contributed by atoms with Crippen LogP contribution in [0.2, 0.25) is 0 Å². The fraction of sp³-hybridized carbons (Fsp3) is 0.700. The van der Waals surface area contributed by atoms with Gasteiger partial charge in [0, 0.05) is 43.5 Å². The number of rotatable bonds is 18. The number of unbranched alkanes of at least 4 members (excludes halogenated alkanes) is 5. The van der Waals surface area contributed by atoms with Gasteiger partial charge in [-0.1, -0.05) is 51.2 Å². The Morgan fingerprint density at radius 2 is 1.92 bits per heavy atom. The van der Waals surface area contributed by atoms with Crippen LogP contribution in [0.25, 0.3) is 0 Å². The lowest BCUT2D eigenvalue weighted by molar-refractivity contribution is -0.111. The summed E-state index contributed by atoms with van der Waals surface area (Å²) in [5.74, 6) is -0.300. The maximum Gasteiger partial charge on any atom is 0.257 e. The highest BCUT2D eigenvalue weighted by atomic mass is 16.5. The fourth-order valence-corrected chi connectivity index (χ4v) is 5.89. The number of fused-ring (bicyclic) bond motifs is 1. The molecule has 0 saturated carbocycles. The van der Waals surface area contributed by atoms with Crippen molar-refractivity contribution in [3.8, 4) is 0 Å². The van der Waals surface area contributed by atoms with Gasteiger partial charge in [-0.2, -0.15) is 0 Å². The van der Waals surface area contributed by atoms with Crippen molar-refractivity contribution in [1.29, 1.82) is 0 Å². The highest BCUT2D eigenvalue weighted by Crippen LogP contribution is 2.32. The van der Waals surface area contributed by atoms with Gasteiger partial charge in [0.05, 0.1) is 18.2 Å². The second-order valence-corrected chi connectivity index (χ2v) is 10.7. The van der Waals surface area contributed by atoms with Gasteiger partial charge >= 0.3 is 0 Å². The maximum absolute atomic E-state index is 13.2. The lowest BCUT2D eigenvalue weighted by atomic mass is 10.0. The van der Waals surface area contributed by atoms with E-state index in [4.69, 9.17) is 4.74 Å². The highest BCUT2D eigenvalue weighted by molar-refractivity contribution is 6.06. The van der Waals surface area contributed by atoms with E-state index in [-0.39, 0.29) is 5.91 Å². The molecule has 2 aliphatic rings. The number of likely N-dealkylation sites (N-methyl/N-ethyl adjacent to an activating group) is 1. The zero-order chi connectivity index (χ0) is 26.5. The quantitative estimate of drug-likeness (QED) is 0.211. The van der Waals surface area contributed by atoms with Crippen LogP contribution in [-0.4, -0.2) is 79.8 Å². The summed E-state index contributed by atoms with van der Waals surface area (Å²) in [5.41, 5.74) is 1.35. The third-order valence-corrected chi connectivity index (χ3v) is 8.06. The van der Waals surface area contributed by atoms with Gasteiger partial charge in [0.25, 0.3) is 5.91 Å². The molecule has 2 saturated heterocycles. The predicted molar refractivity (Wildman–Crippen MR) is 148 cm³/mol. The number of hydrogen-bond acceptors (Lipinski definition) is 6. The molecule has 3 rings (SSSR count). The molecule has 7 nitrogen and oxygen atoms in total. The van der Waals surface area contributed by atoms with Crippen molar-refractivity contribution in [3.63, 3.8) is 0 Å². The van der Waals surface area contributed by atoms with E-state index >= 15 is 0 Å². The van der Waals surface area contributed by atoms with E-state index in [1.807, 2.05) is 13.0 Å². The van der Waals surface area contributed by atoms with E-state index in [1.54, 1.807) is 19.2 Å². The standard InChI is InChI=1S/C30H47N3O4/c1-3-12-26(22-35)32(2)30(36)29-24(21-34)13-10-15-28(29)31-18-8-6-4-5-7-9-20-37-23-27-17-16-25-14-11-19-33(25)27/h10,13,15,21-22,25-27,31H,3-9,11-12,14,16-20,23H2,1-2H3. The molecular weight excluding hydrogens is 466 g/mol. The molecule has 3 atom stereocenters. The molecule has 1 aromatic rings. The average molecular weight is 514 g/mol. The lowest BCUT2D eigenvalue weighted by Gasteiger charge is -2.25. The summed E-state index contributed by atoms with van der Waals surface area (Å²) in [4.78, 5) is 40.4. The molecule has 1 N–H and O–H groups in total. The predicted octanol–water partition coefficient (Wildman–Crippen LogP) is 5.33. The first-order valence-corrected chi connectivity index (χ1v) is 14.5. The number of carbonyl (C=O) groups is 3. The minimum atomic E-state index is -0.490. The SMILES string of the molecule is CCCC(C=O)N(C)C(=O)c1c(C=O)cccc1NCCCCCCCCOCC1CCC2CCCN21. The van der Waals surface area contributed by atoms with E-state index in [9.17, 15) is 14.4 Å². The number of benzene rings is 1. The summed E-state index contributed by atoms with van der Waals surface area (Å²) in [6, 6.07) is 6.27. The Labute approximate surface area is 223 Å². The van der Waals surface area contributed by atoms with Crippen LogP contribution in [0.3, 0.4) is 0 Å². The third kappa shape index (κ3) is 8.37. The molecule has 2 aliphatic heterocycles. The number of hydrogen-bond donors (Lipinski definition) is 1.